The molecule has 4 unspecified atom stereocenters. The molecule has 115 heavy (non-hydrogen) atoms. The van der Waals surface area contributed by atoms with Crippen LogP contribution in [0.4, 0.5) is 9.59 Å². The number of hydrogen-bond acceptors (Lipinski definition) is 24. The van der Waals surface area contributed by atoms with Gasteiger partial charge in [-0.2, -0.15) is 0 Å². The molecule has 0 saturated carbocycles. The number of alkyl carbamates (subject to hydrolysis) is 2. The summed E-state index contributed by atoms with van der Waals surface area (Å²) < 4.78 is 24.5. The molecule has 4 aromatic carbocycles. The van der Waals surface area contributed by atoms with Crippen LogP contribution in [-0.4, -0.2) is 214 Å². The van der Waals surface area contributed by atoms with Gasteiger partial charge in [0.1, 0.15) is 59.8 Å². The molecule has 18 N–H and O–H groups in total. The van der Waals surface area contributed by atoms with Gasteiger partial charge < -0.3 is 97.7 Å². The molecule has 32 heteroatoms. The van der Waals surface area contributed by atoms with Crippen molar-refractivity contribution >= 4 is 75.6 Å². The quantitative estimate of drug-likeness (QED) is 0.0176. The molecule has 7 amide bonds. The van der Waals surface area contributed by atoms with Gasteiger partial charge in [-0.3, -0.25) is 29.2 Å². The predicted molar refractivity (Wildman–Crippen MR) is 429 cm³/mol. The zero-order valence-electron chi connectivity index (χ0n) is 66.4. The van der Waals surface area contributed by atoms with Gasteiger partial charge in [0.05, 0.1) is 46.6 Å². The minimum absolute atomic E-state index is 0.281. The molecule has 31 nitrogen and oxygen atoms in total. The molecular weight excluding hydrogens is 1550 g/mol. The minimum atomic E-state index is -1.13. The predicted octanol–water partition coefficient (Wildman–Crippen LogP) is 2.32. The molecule has 0 aliphatic carbocycles. The highest BCUT2D eigenvalue weighted by Crippen LogP contribution is 2.13. The molecule has 0 heterocycles. The lowest BCUT2D eigenvalue weighted by atomic mass is 10.1. The maximum atomic E-state index is 12.6. The molecule has 0 saturated heterocycles. The molecule has 0 spiro atoms. The van der Waals surface area contributed by atoms with E-state index in [4.69, 9.17) is 67.6 Å². The molecule has 4 rings (SSSR count). The Morgan fingerprint density at radius 2 is 0.696 bits per heavy atom. The van der Waals surface area contributed by atoms with E-state index >= 15 is 0 Å². The normalized spacial score (nSPS) is 13.0. The van der Waals surface area contributed by atoms with E-state index in [1.807, 2.05) is 13.8 Å². The van der Waals surface area contributed by atoms with Gasteiger partial charge in [-0.1, -0.05) is 61.2 Å². The number of esters is 3. The number of carbonyl (C=O) groups excluding carboxylic acids is 10. The molecule has 616 valence electrons. The van der Waals surface area contributed by atoms with E-state index in [-0.39, 0.29) is 5.56 Å². The van der Waals surface area contributed by atoms with Gasteiger partial charge in [0.15, 0.2) is 0 Å². The zero-order valence-corrected chi connectivity index (χ0v) is 67.9. The van der Waals surface area contributed by atoms with E-state index < -0.39 is 157 Å². The highest BCUT2D eigenvalue weighted by molar-refractivity contribution is 9.12. The summed E-state index contributed by atoms with van der Waals surface area (Å²) in [6, 6.07) is 18.3. The summed E-state index contributed by atoms with van der Waals surface area (Å²) >= 11 is 3.01. The first-order valence-electron chi connectivity index (χ1n) is 35.0. The first-order chi connectivity index (χ1) is 54.1. The third kappa shape index (κ3) is 44.0. The Morgan fingerprint density at radius 3 is 0.930 bits per heavy atom. The summed E-state index contributed by atoms with van der Waals surface area (Å²) in [5.41, 5.74) is 15.2. The van der Waals surface area contributed by atoms with Crippen LogP contribution >= 0.6 is 15.9 Å². The summed E-state index contributed by atoms with van der Waals surface area (Å²) in [5, 5.41) is 76.9. The van der Waals surface area contributed by atoms with Crippen LogP contribution in [0.25, 0.3) is 0 Å². The van der Waals surface area contributed by atoms with Crippen LogP contribution in [0.15, 0.2) is 97.1 Å². The van der Waals surface area contributed by atoms with Crippen LogP contribution in [0.3, 0.4) is 0 Å². The highest BCUT2D eigenvalue weighted by atomic mass is 79.9. The Balaban J connectivity index is 0.00000147. The van der Waals surface area contributed by atoms with E-state index in [1.165, 1.54) is 45.9 Å². The van der Waals surface area contributed by atoms with Crippen LogP contribution in [0.5, 0.6) is 0 Å². The highest BCUT2D eigenvalue weighted by Gasteiger charge is 2.33. The van der Waals surface area contributed by atoms with E-state index in [0.29, 0.717) is 46.2 Å². The third-order valence-corrected chi connectivity index (χ3v) is 14.3. The molecular formula is C83H100BrN9O22. The monoisotopic (exact) mass is 1650 g/mol. The fourth-order valence-corrected chi connectivity index (χ4v) is 8.20. The summed E-state index contributed by atoms with van der Waals surface area (Å²) in [7, 11) is 3.62. The minimum Gasteiger partial charge on any atom is -0.467 e. The Labute approximate surface area is 678 Å². The van der Waals surface area contributed by atoms with E-state index in [1.54, 1.807) is 147 Å². The molecule has 0 fully saturated rings. The standard InChI is InChI=1S/C24H30N2O6.C19H23BrN2O5.C18H20N2O5.C17H19N3O5.C5H8O/c1-7-19(27)11-9-8-10-17-12-14-18(15-13-17)21(28)26-20(22(29)31-6)16(2)25-23(30)32-24(3,4)5;1-12(21-18(25)27-19(2,3)4)15(17(24)26-5)22-16(23)14-8-6-13(7-9-14)10-11-20;1-12(19)16(18(24)25-2)20-17(23)14-9-7-13(8-10-14)5-3-4-6-15(22)11-21;1-11(18)15(17(24)20-25)19-16(23)13-8-6-12(7-9-13)4-2-3-5-14(22)10-21;1-3-5(6)4-2/h12-16,19-20,27H,7H2,1-6H3,(H,25,30)(H,26,28);6-9,12,15H,1-5H3,(H,21,25)(H,22,23);7-10,12,15-16,21-22H,11,19H2,1-2H3,(H,20,23);6-9,11,14-15,21-22,25H,10,18H2,1H3,(H,19,23)(H,20,24);1,5-6H,4H2,2H3/t16-,19?,20+;12-,15+;12-,15?,16+;11-,14?,15+;/m1111./s1. The van der Waals surface area contributed by atoms with Crippen molar-refractivity contribution in [2.75, 3.05) is 34.5 Å². The van der Waals surface area contributed by atoms with Gasteiger partial charge in [-0.05, 0) is 219 Å². The van der Waals surface area contributed by atoms with Crippen LogP contribution in [0.2, 0.25) is 0 Å². The number of aliphatic hydroxyl groups is 6. The number of benzene rings is 4. The van der Waals surface area contributed by atoms with Gasteiger partial charge >= 0.3 is 30.1 Å². The Morgan fingerprint density at radius 1 is 0.426 bits per heavy atom. The number of methoxy groups -OCH3 is 3. The summed E-state index contributed by atoms with van der Waals surface area (Å²) in [4.78, 5) is 123. The van der Waals surface area contributed by atoms with Gasteiger partial charge in [0, 0.05) is 72.5 Å². The van der Waals surface area contributed by atoms with Crippen molar-refractivity contribution in [1.29, 1.82) is 0 Å². The number of carbonyl (C=O) groups is 10. The number of nitrogens with one attached hydrogen (secondary N) is 7. The number of halogens is 1. The van der Waals surface area contributed by atoms with Crippen molar-refractivity contribution < 1.29 is 107 Å². The SMILES string of the molecule is C#CC(O)CC.CCC(O)C#CC#Cc1ccc(C(=O)N[C@H](C(=O)OC)[C@@H](C)NC(=O)OC(C)(C)C)cc1.COC(=O)[C@@H](NC(=O)c1ccc(C#CBr)cc1)[C@@H](C)NC(=O)OC(C)(C)C.COC(=O)[C@@H](NC(=O)c1ccc(C#CC#CC(O)CO)cc1)[C@@H](C)N.C[C@@H](N)[C@H](NC(=O)c1ccc(C#CC#CC(O)CO)cc1)C(=O)NO. The first-order valence-corrected chi connectivity index (χ1v) is 35.8. The number of hydroxylamine groups is 1. The number of nitrogens with two attached hydrogens (primary N) is 2. The summed E-state index contributed by atoms with van der Waals surface area (Å²) in [5.74, 6) is 30.7. The van der Waals surface area contributed by atoms with Gasteiger partial charge in [-0.25, -0.2) is 29.5 Å². The van der Waals surface area contributed by atoms with Crippen molar-refractivity contribution in [1.82, 2.24) is 37.4 Å². The molecule has 0 radical (unpaired) electrons. The second-order valence-electron chi connectivity index (χ2n) is 25.9. The Kier molecular flexibility index (Phi) is 49.4. The summed E-state index contributed by atoms with van der Waals surface area (Å²) in [6.45, 7) is 19.3. The van der Waals surface area contributed by atoms with E-state index in [2.05, 4.69) is 140 Å². The molecule has 0 bridgehead atoms. The number of ether oxygens (including phenoxy) is 5. The zero-order chi connectivity index (χ0) is 87.6. The van der Waals surface area contributed by atoms with Crippen molar-refractivity contribution in [3.8, 4) is 94.1 Å². The maximum Gasteiger partial charge on any atom is 0.407 e. The molecule has 0 aliphatic heterocycles. The lowest BCUT2D eigenvalue weighted by molar-refractivity contribution is -0.144. The topological polar surface area (TPSA) is 495 Å². The molecule has 0 aliphatic rings. The largest absolute Gasteiger partial charge is 0.467 e. The number of hydrogen-bond donors (Lipinski definition) is 16. The van der Waals surface area contributed by atoms with Crippen molar-refractivity contribution in [3.63, 3.8) is 0 Å². The Hall–Kier alpha value is -12.2. The lowest BCUT2D eigenvalue weighted by Crippen LogP contribution is -2.55. The van der Waals surface area contributed by atoms with Crippen molar-refractivity contribution in [2.45, 2.75) is 180 Å². The first kappa shape index (κ1) is 103. The lowest BCUT2D eigenvalue weighted by Gasteiger charge is -2.26. The smallest absolute Gasteiger partial charge is 0.407 e. The van der Waals surface area contributed by atoms with Crippen LogP contribution < -0.4 is 48.8 Å². The maximum absolute atomic E-state index is 12.6. The molecule has 4 aromatic rings. The number of aliphatic hydroxyl groups excluding tert-OH is 6. The number of amides is 7. The average molecular weight is 1660 g/mol. The third-order valence-electron chi connectivity index (χ3n) is 14.1. The van der Waals surface area contributed by atoms with E-state index in [9.17, 15) is 53.1 Å². The molecule has 12 atom stereocenters. The summed E-state index contributed by atoms with van der Waals surface area (Å²) in [6.07, 6.45) is 1.05. The van der Waals surface area contributed by atoms with Crippen molar-refractivity contribution in [3.05, 3.63) is 142 Å². The van der Waals surface area contributed by atoms with E-state index in [0.717, 1.165) is 5.56 Å². The number of terminal acetylenes is 1. The van der Waals surface area contributed by atoms with Gasteiger partial charge in [0.25, 0.3) is 29.5 Å². The second kappa shape index (κ2) is 55.3. The fourth-order valence-electron chi connectivity index (χ4n) is 7.97. The Bertz CT molecular complexity index is 4250. The second-order valence-corrected chi connectivity index (χ2v) is 26.3. The van der Waals surface area contributed by atoms with Crippen molar-refractivity contribution in [2.24, 2.45) is 11.5 Å². The average Bonchev–Trinajstić information content (AvgIpc) is 0.896. The van der Waals surface area contributed by atoms with Crippen LogP contribution in [0.1, 0.15) is 160 Å². The van der Waals surface area contributed by atoms with Gasteiger partial charge in [0.2, 0.25) is 0 Å². The number of rotatable bonds is 22. The molecule has 0 aromatic heterocycles. The van der Waals surface area contributed by atoms with Gasteiger partial charge in [-0.15, -0.1) is 6.42 Å². The van der Waals surface area contributed by atoms with Crippen LogP contribution in [-0.2, 0) is 42.9 Å². The fraction of sp³-hybridized carbons (Fsp3) is 0.398. The van der Waals surface area contributed by atoms with Crippen LogP contribution in [0, 0.1) is 94.1 Å².